The molecule has 1 aromatic carbocycles. The summed E-state index contributed by atoms with van der Waals surface area (Å²) < 4.78 is 5.46. The SMILES string of the molecule is CCCOc1nc(NC)nc(Nc2cccc(C)c2)n1. The van der Waals surface area contributed by atoms with E-state index in [2.05, 4.69) is 25.6 Å². The molecule has 2 N–H and O–H groups in total. The molecule has 0 amide bonds. The van der Waals surface area contributed by atoms with Crippen LogP contribution in [0.1, 0.15) is 18.9 Å². The molecule has 0 saturated carbocycles. The van der Waals surface area contributed by atoms with Crippen LogP contribution in [-0.2, 0) is 0 Å². The van der Waals surface area contributed by atoms with E-state index in [1.807, 2.05) is 38.1 Å². The molecule has 20 heavy (non-hydrogen) atoms. The van der Waals surface area contributed by atoms with Crippen LogP contribution >= 0.6 is 0 Å². The lowest BCUT2D eigenvalue weighted by molar-refractivity contribution is 0.292. The van der Waals surface area contributed by atoms with Crippen LogP contribution in [-0.4, -0.2) is 28.6 Å². The van der Waals surface area contributed by atoms with E-state index < -0.39 is 0 Å². The first-order valence-corrected chi connectivity index (χ1v) is 6.61. The van der Waals surface area contributed by atoms with Crippen molar-refractivity contribution in [1.82, 2.24) is 15.0 Å². The standard InChI is InChI=1S/C14H19N5O/c1-4-8-20-14-18-12(15-3)17-13(19-14)16-11-7-5-6-10(2)9-11/h5-7,9H,4,8H2,1-3H3,(H2,15,16,17,18,19). The molecule has 0 aliphatic carbocycles. The Morgan fingerprint density at radius 2 is 1.95 bits per heavy atom. The van der Waals surface area contributed by atoms with Gasteiger partial charge in [0, 0.05) is 12.7 Å². The lowest BCUT2D eigenvalue weighted by Crippen LogP contribution is -2.07. The minimum absolute atomic E-state index is 0.321. The molecule has 0 saturated heterocycles. The lowest BCUT2D eigenvalue weighted by Gasteiger charge is -2.09. The molecule has 0 radical (unpaired) electrons. The molecule has 0 unspecified atom stereocenters. The average Bonchev–Trinajstić information content (AvgIpc) is 2.45. The van der Waals surface area contributed by atoms with E-state index in [0.29, 0.717) is 24.5 Å². The van der Waals surface area contributed by atoms with Gasteiger partial charge in [0.1, 0.15) is 0 Å². The van der Waals surface area contributed by atoms with Crippen LogP contribution in [0.2, 0.25) is 0 Å². The fraction of sp³-hybridized carbons (Fsp3) is 0.357. The van der Waals surface area contributed by atoms with Crippen molar-refractivity contribution >= 4 is 17.6 Å². The minimum atomic E-state index is 0.321. The van der Waals surface area contributed by atoms with Crippen molar-refractivity contribution in [2.45, 2.75) is 20.3 Å². The molecule has 106 valence electrons. The third-order valence-electron chi connectivity index (χ3n) is 2.55. The zero-order valence-electron chi connectivity index (χ0n) is 12.0. The second-order valence-corrected chi connectivity index (χ2v) is 4.36. The Bertz CT molecular complexity index is 573. The maximum atomic E-state index is 5.46. The highest BCUT2D eigenvalue weighted by Gasteiger charge is 2.07. The molecule has 0 atom stereocenters. The number of ether oxygens (including phenoxy) is 1. The maximum absolute atomic E-state index is 5.46. The first-order valence-electron chi connectivity index (χ1n) is 6.61. The van der Waals surface area contributed by atoms with Crippen molar-refractivity contribution < 1.29 is 4.74 Å². The Hall–Kier alpha value is -2.37. The van der Waals surface area contributed by atoms with Gasteiger partial charge in [-0.15, -0.1) is 0 Å². The maximum Gasteiger partial charge on any atom is 0.323 e. The second kappa shape index (κ2) is 6.70. The number of benzene rings is 1. The van der Waals surface area contributed by atoms with E-state index in [1.165, 1.54) is 5.56 Å². The second-order valence-electron chi connectivity index (χ2n) is 4.36. The van der Waals surface area contributed by atoms with Crippen molar-refractivity contribution in [2.75, 3.05) is 24.3 Å². The Kier molecular flexibility index (Phi) is 4.70. The van der Waals surface area contributed by atoms with Gasteiger partial charge in [-0.05, 0) is 31.0 Å². The van der Waals surface area contributed by atoms with E-state index in [0.717, 1.165) is 12.1 Å². The summed E-state index contributed by atoms with van der Waals surface area (Å²) in [6, 6.07) is 8.32. The number of rotatable bonds is 6. The Balaban J connectivity index is 2.21. The van der Waals surface area contributed by atoms with Crippen molar-refractivity contribution in [1.29, 1.82) is 0 Å². The fourth-order valence-corrected chi connectivity index (χ4v) is 1.63. The summed E-state index contributed by atoms with van der Waals surface area (Å²) in [5.41, 5.74) is 2.10. The molecule has 0 fully saturated rings. The summed E-state index contributed by atoms with van der Waals surface area (Å²) in [6.45, 7) is 4.65. The van der Waals surface area contributed by atoms with E-state index >= 15 is 0 Å². The molecule has 0 bridgehead atoms. The highest BCUT2D eigenvalue weighted by Crippen LogP contribution is 2.17. The van der Waals surface area contributed by atoms with Gasteiger partial charge in [-0.25, -0.2) is 0 Å². The Labute approximate surface area is 118 Å². The van der Waals surface area contributed by atoms with Gasteiger partial charge >= 0.3 is 6.01 Å². The number of aromatic nitrogens is 3. The number of hydrogen-bond donors (Lipinski definition) is 2. The zero-order valence-corrected chi connectivity index (χ0v) is 12.0. The van der Waals surface area contributed by atoms with Crippen LogP contribution in [0.4, 0.5) is 17.6 Å². The predicted octanol–water partition coefficient (Wildman–Crippen LogP) is 2.75. The Morgan fingerprint density at radius 3 is 2.65 bits per heavy atom. The van der Waals surface area contributed by atoms with E-state index in [9.17, 15) is 0 Å². The minimum Gasteiger partial charge on any atom is -0.463 e. The van der Waals surface area contributed by atoms with Gasteiger partial charge < -0.3 is 15.4 Å². The number of nitrogens with zero attached hydrogens (tertiary/aromatic N) is 3. The molecule has 0 spiro atoms. The lowest BCUT2D eigenvalue weighted by atomic mass is 10.2. The first kappa shape index (κ1) is 14.0. The highest BCUT2D eigenvalue weighted by molar-refractivity contribution is 5.55. The van der Waals surface area contributed by atoms with Crippen LogP contribution in [0.25, 0.3) is 0 Å². The van der Waals surface area contributed by atoms with Gasteiger partial charge in [-0.1, -0.05) is 19.1 Å². The third-order valence-corrected chi connectivity index (χ3v) is 2.55. The fourth-order valence-electron chi connectivity index (χ4n) is 1.63. The van der Waals surface area contributed by atoms with E-state index in [4.69, 9.17) is 4.74 Å². The number of aryl methyl sites for hydroxylation is 1. The van der Waals surface area contributed by atoms with Crippen molar-refractivity contribution in [2.24, 2.45) is 0 Å². The summed E-state index contributed by atoms with van der Waals surface area (Å²) in [5.74, 6) is 0.933. The third kappa shape index (κ3) is 3.81. The van der Waals surface area contributed by atoms with Crippen LogP contribution < -0.4 is 15.4 Å². The van der Waals surface area contributed by atoms with Crippen molar-refractivity contribution in [3.63, 3.8) is 0 Å². The topological polar surface area (TPSA) is 72.0 Å². The molecule has 6 heteroatoms. The van der Waals surface area contributed by atoms with Crippen LogP contribution in [0, 0.1) is 6.92 Å². The van der Waals surface area contributed by atoms with Crippen LogP contribution in [0.3, 0.4) is 0 Å². The average molecular weight is 273 g/mol. The van der Waals surface area contributed by atoms with Crippen LogP contribution in [0.5, 0.6) is 6.01 Å². The van der Waals surface area contributed by atoms with Crippen LogP contribution in [0.15, 0.2) is 24.3 Å². The summed E-state index contributed by atoms with van der Waals surface area (Å²) in [4.78, 5) is 12.7. The number of hydrogen-bond acceptors (Lipinski definition) is 6. The molecule has 0 aliphatic heterocycles. The van der Waals surface area contributed by atoms with E-state index in [-0.39, 0.29) is 0 Å². The smallest absolute Gasteiger partial charge is 0.323 e. The normalized spacial score (nSPS) is 10.2. The molecular formula is C14H19N5O. The highest BCUT2D eigenvalue weighted by atomic mass is 16.5. The zero-order chi connectivity index (χ0) is 14.4. The first-order chi connectivity index (χ1) is 9.71. The molecule has 2 aromatic rings. The van der Waals surface area contributed by atoms with Crippen molar-refractivity contribution in [3.8, 4) is 6.01 Å². The monoisotopic (exact) mass is 273 g/mol. The summed E-state index contributed by atoms with van der Waals surface area (Å²) in [6.07, 6.45) is 0.904. The molecular weight excluding hydrogens is 254 g/mol. The van der Waals surface area contributed by atoms with Gasteiger partial charge in [-0.2, -0.15) is 15.0 Å². The summed E-state index contributed by atoms with van der Waals surface area (Å²) in [5, 5.41) is 6.05. The molecule has 1 aromatic heterocycles. The number of anilines is 3. The van der Waals surface area contributed by atoms with Gasteiger partial charge in [-0.3, -0.25) is 0 Å². The Morgan fingerprint density at radius 1 is 1.15 bits per heavy atom. The van der Waals surface area contributed by atoms with Gasteiger partial charge in [0.05, 0.1) is 6.61 Å². The molecule has 6 nitrogen and oxygen atoms in total. The largest absolute Gasteiger partial charge is 0.463 e. The summed E-state index contributed by atoms with van der Waals surface area (Å²) in [7, 11) is 1.76. The predicted molar refractivity (Wildman–Crippen MR) is 79.6 cm³/mol. The van der Waals surface area contributed by atoms with Gasteiger partial charge in [0.2, 0.25) is 11.9 Å². The molecule has 0 aliphatic rings. The van der Waals surface area contributed by atoms with Gasteiger partial charge in [0.25, 0.3) is 0 Å². The molecule has 2 rings (SSSR count). The summed E-state index contributed by atoms with van der Waals surface area (Å²) >= 11 is 0. The van der Waals surface area contributed by atoms with E-state index in [1.54, 1.807) is 7.05 Å². The molecule has 1 heterocycles. The number of nitrogens with one attached hydrogen (secondary N) is 2. The van der Waals surface area contributed by atoms with Gasteiger partial charge in [0.15, 0.2) is 0 Å². The van der Waals surface area contributed by atoms with Crippen molar-refractivity contribution in [3.05, 3.63) is 29.8 Å². The quantitative estimate of drug-likeness (QED) is 0.843.